The van der Waals surface area contributed by atoms with E-state index in [1.165, 1.54) is 4.90 Å². The Labute approximate surface area is 196 Å². The summed E-state index contributed by atoms with van der Waals surface area (Å²) < 4.78 is 5.23. The topological polar surface area (TPSA) is 87.7 Å². The molecule has 1 unspecified atom stereocenters. The minimum Gasteiger partial charge on any atom is -0.444 e. The molecular formula is C26H35N3O4. The molecule has 2 aromatic carbocycles. The lowest BCUT2D eigenvalue weighted by Crippen LogP contribution is -2.49. The molecule has 178 valence electrons. The quantitative estimate of drug-likeness (QED) is 0.634. The van der Waals surface area contributed by atoms with Crippen LogP contribution in [0.15, 0.2) is 48.5 Å². The molecule has 2 aromatic rings. The first-order valence-electron chi connectivity index (χ1n) is 11.1. The van der Waals surface area contributed by atoms with E-state index in [0.717, 1.165) is 16.8 Å². The Morgan fingerprint density at radius 2 is 1.52 bits per heavy atom. The van der Waals surface area contributed by atoms with Gasteiger partial charge in [0, 0.05) is 11.7 Å². The van der Waals surface area contributed by atoms with Gasteiger partial charge < -0.3 is 20.3 Å². The van der Waals surface area contributed by atoms with Crippen molar-refractivity contribution in [2.45, 2.75) is 66.2 Å². The number of amides is 3. The van der Waals surface area contributed by atoms with Crippen molar-refractivity contribution in [1.29, 1.82) is 0 Å². The van der Waals surface area contributed by atoms with Crippen LogP contribution in [0.5, 0.6) is 0 Å². The lowest BCUT2D eigenvalue weighted by molar-refractivity contribution is -0.140. The SMILES string of the molecule is Cc1cccc(C)c1NC(=O)C(c1ccccc1)N(C(=O)CNC(=O)OC(C)(C)C)C(C)C. The standard InChI is InChI=1S/C26H35N3O4/c1-17(2)29(21(30)16-27-25(32)33-26(5,6)7)23(20-14-9-8-10-15-20)24(31)28-22-18(3)12-11-13-19(22)4/h8-15,17,23H,16H2,1-7H3,(H,27,32)(H,28,31). The van der Waals surface area contributed by atoms with Crippen molar-refractivity contribution in [1.82, 2.24) is 10.2 Å². The van der Waals surface area contributed by atoms with Gasteiger partial charge in [-0.25, -0.2) is 4.79 Å². The monoisotopic (exact) mass is 453 g/mol. The highest BCUT2D eigenvalue weighted by atomic mass is 16.6. The molecule has 0 heterocycles. The van der Waals surface area contributed by atoms with Gasteiger partial charge in [-0.15, -0.1) is 0 Å². The molecule has 0 fully saturated rings. The maximum Gasteiger partial charge on any atom is 0.408 e. The third kappa shape index (κ3) is 7.34. The molecule has 2 rings (SSSR count). The van der Waals surface area contributed by atoms with Crippen molar-refractivity contribution in [2.75, 3.05) is 11.9 Å². The van der Waals surface area contributed by atoms with Crippen LogP contribution < -0.4 is 10.6 Å². The molecule has 1 atom stereocenters. The Bertz CT molecular complexity index is 961. The molecule has 0 saturated heterocycles. The summed E-state index contributed by atoms with van der Waals surface area (Å²) in [6, 6.07) is 13.8. The first kappa shape index (κ1) is 25.9. The number of anilines is 1. The molecule has 3 amide bonds. The molecular weight excluding hydrogens is 418 g/mol. The first-order valence-corrected chi connectivity index (χ1v) is 11.1. The summed E-state index contributed by atoms with van der Waals surface area (Å²) in [5.74, 6) is -0.709. The van der Waals surface area contributed by atoms with Crippen LogP contribution in [0, 0.1) is 13.8 Å². The van der Waals surface area contributed by atoms with Crippen molar-refractivity contribution >= 4 is 23.6 Å². The van der Waals surface area contributed by atoms with E-state index < -0.39 is 17.7 Å². The Hall–Kier alpha value is -3.35. The zero-order chi connectivity index (χ0) is 24.8. The minimum atomic E-state index is -0.877. The zero-order valence-corrected chi connectivity index (χ0v) is 20.6. The average Bonchev–Trinajstić information content (AvgIpc) is 2.72. The molecule has 0 radical (unpaired) electrons. The fourth-order valence-electron chi connectivity index (χ4n) is 3.56. The van der Waals surface area contributed by atoms with Gasteiger partial charge in [0.25, 0.3) is 5.91 Å². The van der Waals surface area contributed by atoms with E-state index in [1.54, 1.807) is 20.8 Å². The number of hydrogen-bond acceptors (Lipinski definition) is 4. The van der Waals surface area contributed by atoms with Gasteiger partial charge in [0.15, 0.2) is 0 Å². The van der Waals surface area contributed by atoms with E-state index in [9.17, 15) is 14.4 Å². The normalized spacial score (nSPS) is 12.1. The van der Waals surface area contributed by atoms with E-state index in [1.807, 2.05) is 76.2 Å². The van der Waals surface area contributed by atoms with Gasteiger partial charge in [-0.3, -0.25) is 9.59 Å². The second-order valence-corrected chi connectivity index (χ2v) is 9.32. The second kappa shape index (κ2) is 11.0. The van der Waals surface area contributed by atoms with E-state index in [2.05, 4.69) is 10.6 Å². The summed E-state index contributed by atoms with van der Waals surface area (Å²) in [7, 11) is 0. The predicted molar refractivity (Wildman–Crippen MR) is 130 cm³/mol. The van der Waals surface area contributed by atoms with Crippen LogP contribution in [0.2, 0.25) is 0 Å². The van der Waals surface area contributed by atoms with Gasteiger partial charge in [0.05, 0.1) is 0 Å². The highest BCUT2D eigenvalue weighted by molar-refractivity contribution is 5.99. The van der Waals surface area contributed by atoms with Crippen LogP contribution in [-0.4, -0.2) is 41.0 Å². The number of aryl methyl sites for hydroxylation is 2. The number of nitrogens with zero attached hydrogens (tertiary/aromatic N) is 1. The fourth-order valence-corrected chi connectivity index (χ4v) is 3.56. The summed E-state index contributed by atoms with van der Waals surface area (Å²) in [6.07, 6.45) is -0.684. The molecule has 33 heavy (non-hydrogen) atoms. The van der Waals surface area contributed by atoms with E-state index >= 15 is 0 Å². The summed E-state index contributed by atoms with van der Waals surface area (Å²) in [5, 5.41) is 5.52. The average molecular weight is 454 g/mol. The highest BCUT2D eigenvalue weighted by Crippen LogP contribution is 2.27. The third-order valence-corrected chi connectivity index (χ3v) is 5.00. The number of rotatable bonds is 7. The summed E-state index contributed by atoms with van der Waals surface area (Å²) in [4.78, 5) is 40.4. The van der Waals surface area contributed by atoms with Crippen molar-refractivity contribution in [3.63, 3.8) is 0 Å². The maximum atomic E-state index is 13.6. The van der Waals surface area contributed by atoms with Gasteiger partial charge >= 0.3 is 6.09 Å². The molecule has 0 aromatic heterocycles. The van der Waals surface area contributed by atoms with Gasteiger partial charge in [-0.2, -0.15) is 0 Å². The number of nitrogens with one attached hydrogen (secondary N) is 2. The molecule has 0 saturated carbocycles. The number of ether oxygens (including phenoxy) is 1. The van der Waals surface area contributed by atoms with Gasteiger partial charge in [-0.05, 0) is 65.2 Å². The third-order valence-electron chi connectivity index (χ3n) is 5.00. The molecule has 0 aliphatic rings. The van der Waals surface area contributed by atoms with Crippen molar-refractivity contribution in [2.24, 2.45) is 0 Å². The van der Waals surface area contributed by atoms with E-state index in [0.29, 0.717) is 5.56 Å². The van der Waals surface area contributed by atoms with Gasteiger partial charge in [-0.1, -0.05) is 48.5 Å². The van der Waals surface area contributed by atoms with Gasteiger partial charge in [0.1, 0.15) is 18.2 Å². The van der Waals surface area contributed by atoms with Crippen LogP contribution in [0.3, 0.4) is 0 Å². The number of para-hydroxylation sites is 1. The molecule has 0 bridgehead atoms. The number of hydrogen-bond donors (Lipinski definition) is 2. The number of benzene rings is 2. The van der Waals surface area contributed by atoms with Gasteiger partial charge in [0.2, 0.25) is 5.91 Å². The Balaban J connectivity index is 2.34. The molecule has 0 aliphatic carbocycles. The maximum absolute atomic E-state index is 13.6. The van der Waals surface area contributed by atoms with Crippen LogP contribution in [-0.2, 0) is 14.3 Å². The lowest BCUT2D eigenvalue weighted by atomic mass is 10.0. The summed E-state index contributed by atoms with van der Waals surface area (Å²) in [5.41, 5.74) is 2.60. The second-order valence-electron chi connectivity index (χ2n) is 9.32. The van der Waals surface area contributed by atoms with E-state index in [4.69, 9.17) is 4.74 Å². The fraction of sp³-hybridized carbons (Fsp3) is 0.423. The summed E-state index contributed by atoms with van der Waals surface area (Å²) >= 11 is 0. The van der Waals surface area contributed by atoms with Crippen molar-refractivity contribution in [3.8, 4) is 0 Å². The number of carbonyl (C=O) groups is 3. The predicted octanol–water partition coefficient (Wildman–Crippen LogP) is 4.74. The Kier molecular flexibility index (Phi) is 8.63. The highest BCUT2D eigenvalue weighted by Gasteiger charge is 2.34. The summed E-state index contributed by atoms with van der Waals surface area (Å²) in [6.45, 7) is 12.5. The largest absolute Gasteiger partial charge is 0.444 e. The zero-order valence-electron chi connectivity index (χ0n) is 20.6. The first-order chi connectivity index (χ1) is 15.4. The van der Waals surface area contributed by atoms with Crippen LogP contribution >= 0.6 is 0 Å². The number of carbonyl (C=O) groups excluding carboxylic acids is 3. The molecule has 7 nitrogen and oxygen atoms in total. The van der Waals surface area contributed by atoms with Crippen molar-refractivity contribution < 1.29 is 19.1 Å². The van der Waals surface area contributed by atoms with Crippen molar-refractivity contribution in [3.05, 3.63) is 65.2 Å². The Morgan fingerprint density at radius 3 is 2.03 bits per heavy atom. The molecule has 0 spiro atoms. The Morgan fingerprint density at radius 1 is 0.939 bits per heavy atom. The minimum absolute atomic E-state index is 0.285. The lowest BCUT2D eigenvalue weighted by Gasteiger charge is -2.35. The van der Waals surface area contributed by atoms with Crippen LogP contribution in [0.1, 0.15) is 57.4 Å². The molecule has 2 N–H and O–H groups in total. The van der Waals surface area contributed by atoms with Crippen LogP contribution in [0.25, 0.3) is 0 Å². The smallest absolute Gasteiger partial charge is 0.408 e. The van der Waals surface area contributed by atoms with E-state index in [-0.39, 0.29) is 24.4 Å². The number of alkyl carbamates (subject to hydrolysis) is 1. The van der Waals surface area contributed by atoms with Crippen LogP contribution in [0.4, 0.5) is 10.5 Å². The molecule has 0 aliphatic heterocycles. The molecule has 7 heteroatoms.